The first-order chi connectivity index (χ1) is 9.72. The van der Waals surface area contributed by atoms with Gasteiger partial charge in [0.15, 0.2) is 10.8 Å². The van der Waals surface area contributed by atoms with Crippen molar-refractivity contribution in [1.82, 2.24) is 19.8 Å². The van der Waals surface area contributed by atoms with E-state index in [0.29, 0.717) is 5.92 Å². The SMILES string of the molecule is Cc1cc(-c2nn3c(C4CCCC4)nnc3s2)c(N)s1. The lowest BCUT2D eigenvalue weighted by Crippen LogP contribution is -2.01. The van der Waals surface area contributed by atoms with Gasteiger partial charge >= 0.3 is 0 Å². The van der Waals surface area contributed by atoms with Crippen LogP contribution in [0, 0.1) is 6.92 Å². The average Bonchev–Trinajstić information content (AvgIpc) is 3.11. The summed E-state index contributed by atoms with van der Waals surface area (Å²) < 4.78 is 1.92. The van der Waals surface area contributed by atoms with Crippen LogP contribution in [-0.2, 0) is 0 Å². The molecular formula is C13H15N5S2. The third kappa shape index (κ3) is 1.84. The molecule has 4 rings (SSSR count). The lowest BCUT2D eigenvalue weighted by atomic mass is 10.1. The molecule has 0 bridgehead atoms. The van der Waals surface area contributed by atoms with Crippen molar-refractivity contribution in [2.75, 3.05) is 5.73 Å². The van der Waals surface area contributed by atoms with Crippen molar-refractivity contribution in [2.45, 2.75) is 38.5 Å². The first-order valence-electron chi connectivity index (χ1n) is 6.81. The van der Waals surface area contributed by atoms with Gasteiger partial charge in [-0.05, 0) is 25.8 Å². The maximum Gasteiger partial charge on any atom is 0.234 e. The van der Waals surface area contributed by atoms with E-state index in [4.69, 9.17) is 10.8 Å². The fourth-order valence-electron chi connectivity index (χ4n) is 2.88. The van der Waals surface area contributed by atoms with E-state index in [0.717, 1.165) is 26.4 Å². The highest BCUT2D eigenvalue weighted by atomic mass is 32.1. The maximum absolute atomic E-state index is 6.06. The van der Waals surface area contributed by atoms with Crippen LogP contribution in [0.25, 0.3) is 15.5 Å². The molecule has 0 amide bonds. The monoisotopic (exact) mass is 305 g/mol. The summed E-state index contributed by atoms with van der Waals surface area (Å²) in [5.41, 5.74) is 7.09. The number of aromatic nitrogens is 4. The van der Waals surface area contributed by atoms with Crippen molar-refractivity contribution in [3.8, 4) is 10.6 Å². The Morgan fingerprint density at radius 2 is 2.05 bits per heavy atom. The van der Waals surface area contributed by atoms with E-state index < -0.39 is 0 Å². The molecule has 0 aromatic carbocycles. The molecule has 0 saturated heterocycles. The Kier molecular flexibility index (Phi) is 2.78. The summed E-state index contributed by atoms with van der Waals surface area (Å²) in [7, 11) is 0. The summed E-state index contributed by atoms with van der Waals surface area (Å²) in [6.45, 7) is 2.06. The first kappa shape index (κ1) is 12.3. The molecule has 3 aromatic heterocycles. The lowest BCUT2D eigenvalue weighted by Gasteiger charge is -2.03. The molecule has 0 atom stereocenters. The first-order valence-corrected chi connectivity index (χ1v) is 8.44. The summed E-state index contributed by atoms with van der Waals surface area (Å²) in [5.74, 6) is 1.53. The van der Waals surface area contributed by atoms with Gasteiger partial charge in [0, 0.05) is 16.4 Å². The topological polar surface area (TPSA) is 69.1 Å². The molecule has 5 nitrogen and oxygen atoms in total. The van der Waals surface area contributed by atoms with Crippen LogP contribution in [0.4, 0.5) is 5.00 Å². The quantitative estimate of drug-likeness (QED) is 0.787. The summed E-state index contributed by atoms with van der Waals surface area (Å²) in [6.07, 6.45) is 4.97. The van der Waals surface area contributed by atoms with Crippen molar-refractivity contribution in [3.05, 3.63) is 16.8 Å². The van der Waals surface area contributed by atoms with Gasteiger partial charge in [-0.1, -0.05) is 24.2 Å². The van der Waals surface area contributed by atoms with Crippen LogP contribution >= 0.6 is 22.7 Å². The Labute approximate surface area is 124 Å². The Morgan fingerprint density at radius 1 is 1.25 bits per heavy atom. The summed E-state index contributed by atoms with van der Waals surface area (Å²) in [5, 5.41) is 15.1. The van der Waals surface area contributed by atoms with E-state index in [1.807, 2.05) is 4.52 Å². The Balaban J connectivity index is 1.81. The smallest absolute Gasteiger partial charge is 0.234 e. The number of anilines is 1. The van der Waals surface area contributed by atoms with Gasteiger partial charge in [-0.3, -0.25) is 0 Å². The molecule has 0 radical (unpaired) electrons. The van der Waals surface area contributed by atoms with Crippen molar-refractivity contribution in [2.24, 2.45) is 0 Å². The highest BCUT2D eigenvalue weighted by Crippen LogP contribution is 2.38. The molecule has 1 saturated carbocycles. The van der Waals surface area contributed by atoms with Crippen LogP contribution in [0.3, 0.4) is 0 Å². The van der Waals surface area contributed by atoms with E-state index in [-0.39, 0.29) is 0 Å². The number of nitrogen functional groups attached to an aromatic ring is 1. The Hall–Kier alpha value is -1.47. The number of thiophene rings is 1. The van der Waals surface area contributed by atoms with Crippen LogP contribution in [-0.4, -0.2) is 19.8 Å². The summed E-state index contributed by atoms with van der Waals surface area (Å²) in [4.78, 5) is 2.07. The van der Waals surface area contributed by atoms with Gasteiger partial charge in [-0.2, -0.15) is 9.61 Å². The highest BCUT2D eigenvalue weighted by Gasteiger charge is 2.24. The predicted molar refractivity (Wildman–Crippen MR) is 82.3 cm³/mol. The number of fused-ring (bicyclic) bond motifs is 1. The average molecular weight is 305 g/mol. The van der Waals surface area contributed by atoms with Gasteiger partial charge in [-0.15, -0.1) is 21.5 Å². The number of nitrogens with zero attached hydrogens (tertiary/aromatic N) is 4. The number of hydrogen-bond donors (Lipinski definition) is 1. The number of nitrogens with two attached hydrogens (primary N) is 1. The minimum atomic E-state index is 0.515. The zero-order valence-electron chi connectivity index (χ0n) is 11.2. The van der Waals surface area contributed by atoms with Crippen molar-refractivity contribution in [1.29, 1.82) is 0 Å². The second-order valence-corrected chi connectivity index (χ2v) is 7.52. The Bertz CT molecular complexity index is 763. The molecule has 0 spiro atoms. The maximum atomic E-state index is 6.06. The van der Waals surface area contributed by atoms with Gasteiger partial charge in [0.25, 0.3) is 0 Å². The standard InChI is InChI=1S/C13H15N5S2/c1-7-6-9(10(14)19-7)12-17-18-11(8-4-2-3-5-8)15-16-13(18)20-12/h6,8H,2-5,14H2,1H3. The molecule has 20 heavy (non-hydrogen) atoms. The predicted octanol–water partition coefficient (Wildman–Crippen LogP) is 3.46. The third-order valence-corrected chi connectivity index (χ3v) is 5.66. The van der Waals surface area contributed by atoms with E-state index in [2.05, 4.69) is 23.2 Å². The Morgan fingerprint density at radius 3 is 2.75 bits per heavy atom. The van der Waals surface area contributed by atoms with E-state index >= 15 is 0 Å². The summed E-state index contributed by atoms with van der Waals surface area (Å²) >= 11 is 3.17. The fourth-order valence-corrected chi connectivity index (χ4v) is 4.61. The van der Waals surface area contributed by atoms with Gasteiger partial charge in [0.2, 0.25) is 4.96 Å². The summed E-state index contributed by atoms with van der Waals surface area (Å²) in [6, 6.07) is 2.10. The van der Waals surface area contributed by atoms with Crippen LogP contribution < -0.4 is 5.73 Å². The molecule has 1 aliphatic carbocycles. The molecule has 104 valence electrons. The molecule has 3 heterocycles. The largest absolute Gasteiger partial charge is 0.390 e. The number of aryl methyl sites for hydroxylation is 1. The zero-order chi connectivity index (χ0) is 13.7. The molecule has 0 aliphatic heterocycles. The lowest BCUT2D eigenvalue weighted by molar-refractivity contribution is 0.641. The van der Waals surface area contributed by atoms with E-state index in [9.17, 15) is 0 Å². The fraction of sp³-hybridized carbons (Fsp3) is 0.462. The van der Waals surface area contributed by atoms with Crippen LogP contribution in [0.15, 0.2) is 6.07 Å². The van der Waals surface area contributed by atoms with Gasteiger partial charge in [0.05, 0.1) is 5.00 Å². The van der Waals surface area contributed by atoms with Crippen molar-refractivity contribution < 1.29 is 0 Å². The minimum Gasteiger partial charge on any atom is -0.390 e. The molecule has 7 heteroatoms. The van der Waals surface area contributed by atoms with E-state index in [1.165, 1.54) is 30.6 Å². The molecule has 1 aliphatic rings. The third-order valence-electron chi connectivity index (χ3n) is 3.85. The number of hydrogen-bond acceptors (Lipinski definition) is 6. The van der Waals surface area contributed by atoms with Crippen LogP contribution in [0.2, 0.25) is 0 Å². The van der Waals surface area contributed by atoms with Crippen LogP contribution in [0.5, 0.6) is 0 Å². The number of rotatable bonds is 2. The van der Waals surface area contributed by atoms with Crippen molar-refractivity contribution >= 4 is 32.6 Å². The highest BCUT2D eigenvalue weighted by molar-refractivity contribution is 7.21. The second-order valence-electron chi connectivity index (χ2n) is 5.28. The van der Waals surface area contributed by atoms with Crippen LogP contribution in [0.1, 0.15) is 42.3 Å². The zero-order valence-corrected chi connectivity index (χ0v) is 12.8. The molecule has 0 unspecified atom stereocenters. The van der Waals surface area contributed by atoms with Gasteiger partial charge in [0.1, 0.15) is 0 Å². The molecule has 1 fully saturated rings. The van der Waals surface area contributed by atoms with E-state index in [1.54, 1.807) is 22.7 Å². The molecule has 3 aromatic rings. The molecular weight excluding hydrogens is 290 g/mol. The van der Waals surface area contributed by atoms with Gasteiger partial charge in [-0.25, -0.2) is 0 Å². The molecule has 2 N–H and O–H groups in total. The minimum absolute atomic E-state index is 0.515. The normalized spacial score (nSPS) is 16.4. The second kappa shape index (κ2) is 4.53. The van der Waals surface area contributed by atoms with Crippen molar-refractivity contribution in [3.63, 3.8) is 0 Å². The van der Waals surface area contributed by atoms with Gasteiger partial charge < -0.3 is 5.73 Å².